The summed E-state index contributed by atoms with van der Waals surface area (Å²) in [5, 5.41) is 0. The summed E-state index contributed by atoms with van der Waals surface area (Å²) in [6.45, 7) is 7.41. The van der Waals surface area contributed by atoms with Crippen molar-refractivity contribution >= 4 is 17.0 Å². The summed E-state index contributed by atoms with van der Waals surface area (Å²) >= 11 is 0. The van der Waals surface area contributed by atoms with Gasteiger partial charge >= 0.3 is 6.01 Å². The first-order valence-corrected chi connectivity index (χ1v) is 11.5. The van der Waals surface area contributed by atoms with Gasteiger partial charge in [0.2, 0.25) is 0 Å². The van der Waals surface area contributed by atoms with Crippen LogP contribution in [0.4, 0.5) is 5.82 Å². The monoisotopic (exact) mass is 424 g/mol. The first-order chi connectivity index (χ1) is 15.2. The Bertz CT molecular complexity index is 980. The molecule has 166 valence electrons. The van der Waals surface area contributed by atoms with Crippen molar-refractivity contribution in [2.45, 2.75) is 45.2 Å². The number of ether oxygens (including phenoxy) is 2. The molecule has 0 amide bonds. The number of imidazole rings is 1. The van der Waals surface area contributed by atoms with Crippen LogP contribution in [0.3, 0.4) is 0 Å². The summed E-state index contributed by atoms with van der Waals surface area (Å²) in [7, 11) is 0. The maximum atomic E-state index is 6.04. The molecule has 0 radical (unpaired) electrons. The molecule has 2 atom stereocenters. The highest BCUT2D eigenvalue weighted by molar-refractivity contribution is 5.82. The van der Waals surface area contributed by atoms with E-state index in [-0.39, 0.29) is 0 Å². The predicted octanol–water partition coefficient (Wildman–Crippen LogP) is 2.81. The zero-order valence-corrected chi connectivity index (χ0v) is 18.2. The van der Waals surface area contributed by atoms with Crippen LogP contribution in [0.1, 0.15) is 32.6 Å². The van der Waals surface area contributed by atoms with Gasteiger partial charge in [0.15, 0.2) is 17.0 Å². The predicted molar refractivity (Wildman–Crippen MR) is 120 cm³/mol. The first-order valence-electron chi connectivity index (χ1n) is 11.5. The number of nitrogens with zero attached hydrogens (tertiary/aromatic N) is 5. The Kier molecular flexibility index (Phi) is 5.91. The molecule has 0 bridgehead atoms. The van der Waals surface area contributed by atoms with Gasteiger partial charge in [0.1, 0.15) is 0 Å². The second-order valence-corrected chi connectivity index (χ2v) is 8.83. The number of hydrogen-bond acceptors (Lipinski definition) is 7. The molecular weight excluding hydrogens is 392 g/mol. The van der Waals surface area contributed by atoms with Crippen LogP contribution in [0.15, 0.2) is 30.1 Å². The minimum atomic E-state index is 0.304. The van der Waals surface area contributed by atoms with E-state index < -0.39 is 0 Å². The Hall–Kier alpha value is -2.45. The van der Waals surface area contributed by atoms with Gasteiger partial charge in [0.05, 0.1) is 38.7 Å². The van der Waals surface area contributed by atoms with Crippen LogP contribution in [-0.2, 0) is 11.3 Å². The molecule has 2 unspecified atom stereocenters. The fraction of sp³-hybridized carbons (Fsp3) is 0.609. The molecule has 2 fully saturated rings. The summed E-state index contributed by atoms with van der Waals surface area (Å²) in [4.78, 5) is 15.7. The van der Waals surface area contributed by atoms with E-state index in [1.165, 1.54) is 37.9 Å². The van der Waals surface area contributed by atoms with E-state index in [0.29, 0.717) is 35.9 Å². The third kappa shape index (κ3) is 4.32. The van der Waals surface area contributed by atoms with Crippen molar-refractivity contribution in [1.82, 2.24) is 24.4 Å². The standard InChI is InChI=1S/C23H32N6O2/c1-2-31-23-26-21(24)20-22(27-23)29(15-25-20)12-16-5-7-18(8-6-16)17-4-3-10-28(11-9-17)19-13-30-14-19/h5-7,15,17-19H,2-4,8-14H2,1H3,(H2,24,26,27). The molecule has 3 aliphatic rings. The molecule has 31 heavy (non-hydrogen) atoms. The fourth-order valence-corrected chi connectivity index (χ4v) is 4.97. The molecular formula is C23H32N6O2. The molecule has 0 saturated carbocycles. The van der Waals surface area contributed by atoms with Crippen LogP contribution in [0, 0.1) is 11.8 Å². The van der Waals surface area contributed by atoms with E-state index in [2.05, 4.69) is 38.1 Å². The summed E-state index contributed by atoms with van der Waals surface area (Å²) in [5.74, 6) is 1.77. The lowest BCUT2D eigenvalue weighted by Crippen LogP contribution is -2.49. The maximum Gasteiger partial charge on any atom is 0.320 e. The van der Waals surface area contributed by atoms with Gasteiger partial charge in [-0.05, 0) is 63.1 Å². The Labute approximate surface area is 183 Å². The second-order valence-electron chi connectivity index (χ2n) is 8.83. The van der Waals surface area contributed by atoms with Gasteiger partial charge in [0, 0.05) is 0 Å². The van der Waals surface area contributed by atoms with Gasteiger partial charge in [0.25, 0.3) is 0 Å². The summed E-state index contributed by atoms with van der Waals surface area (Å²) in [6.07, 6.45) is 13.9. The molecule has 2 aliphatic heterocycles. The number of likely N-dealkylation sites (tertiary alicyclic amines) is 1. The fourth-order valence-electron chi connectivity index (χ4n) is 4.97. The average Bonchev–Trinajstić information content (AvgIpc) is 2.97. The van der Waals surface area contributed by atoms with Crippen LogP contribution >= 0.6 is 0 Å². The van der Waals surface area contributed by atoms with Crippen LogP contribution in [-0.4, -0.2) is 63.4 Å². The molecule has 8 nitrogen and oxygen atoms in total. The lowest BCUT2D eigenvalue weighted by atomic mass is 9.81. The average molecular weight is 425 g/mol. The summed E-state index contributed by atoms with van der Waals surface area (Å²) < 4.78 is 12.9. The van der Waals surface area contributed by atoms with Crippen molar-refractivity contribution in [2.24, 2.45) is 11.8 Å². The van der Waals surface area contributed by atoms with Crippen molar-refractivity contribution in [3.8, 4) is 6.01 Å². The van der Waals surface area contributed by atoms with Crippen LogP contribution in [0.25, 0.3) is 11.2 Å². The highest BCUT2D eigenvalue weighted by atomic mass is 16.5. The molecule has 2 aromatic rings. The van der Waals surface area contributed by atoms with Crippen molar-refractivity contribution in [3.63, 3.8) is 0 Å². The zero-order chi connectivity index (χ0) is 21.2. The molecule has 2 N–H and O–H groups in total. The normalized spacial score (nSPS) is 25.3. The third-order valence-corrected chi connectivity index (χ3v) is 6.86. The second kappa shape index (κ2) is 8.96. The summed E-state index contributed by atoms with van der Waals surface area (Å²) in [5.41, 5.74) is 8.67. The number of allylic oxidation sites excluding steroid dienone is 4. The number of nitrogen functional groups attached to an aromatic ring is 1. The van der Waals surface area contributed by atoms with Crippen LogP contribution < -0.4 is 10.5 Å². The van der Waals surface area contributed by atoms with E-state index in [1.807, 2.05) is 11.5 Å². The number of hydrogen-bond donors (Lipinski definition) is 1. The number of anilines is 1. The lowest BCUT2D eigenvalue weighted by Gasteiger charge is -2.36. The number of rotatable bonds is 6. The number of nitrogens with two attached hydrogens (primary N) is 1. The number of fused-ring (bicyclic) bond motifs is 1. The quantitative estimate of drug-likeness (QED) is 0.762. The Morgan fingerprint density at radius 1 is 1.23 bits per heavy atom. The first kappa shape index (κ1) is 20.5. The van der Waals surface area contributed by atoms with Gasteiger partial charge in [-0.15, -0.1) is 0 Å². The Balaban J connectivity index is 1.22. The topological polar surface area (TPSA) is 91.3 Å². The smallest absolute Gasteiger partial charge is 0.320 e. The van der Waals surface area contributed by atoms with Crippen molar-refractivity contribution < 1.29 is 9.47 Å². The van der Waals surface area contributed by atoms with Gasteiger partial charge in [-0.2, -0.15) is 9.97 Å². The Morgan fingerprint density at radius 3 is 2.87 bits per heavy atom. The van der Waals surface area contributed by atoms with Gasteiger partial charge < -0.3 is 19.8 Å². The van der Waals surface area contributed by atoms with Crippen molar-refractivity contribution in [2.75, 3.05) is 38.6 Å². The van der Waals surface area contributed by atoms with Crippen LogP contribution in [0.2, 0.25) is 0 Å². The third-order valence-electron chi connectivity index (χ3n) is 6.86. The minimum Gasteiger partial charge on any atom is -0.464 e. The maximum absolute atomic E-state index is 6.04. The van der Waals surface area contributed by atoms with E-state index in [9.17, 15) is 0 Å². The highest BCUT2D eigenvalue weighted by Crippen LogP contribution is 2.33. The van der Waals surface area contributed by atoms with Gasteiger partial charge in [-0.3, -0.25) is 4.90 Å². The van der Waals surface area contributed by atoms with Gasteiger partial charge in [-0.1, -0.05) is 18.2 Å². The Morgan fingerprint density at radius 2 is 2.13 bits per heavy atom. The molecule has 5 rings (SSSR count). The molecule has 2 aromatic heterocycles. The minimum absolute atomic E-state index is 0.304. The van der Waals surface area contributed by atoms with Crippen molar-refractivity contribution in [3.05, 3.63) is 30.1 Å². The molecule has 0 aromatic carbocycles. The molecule has 8 heteroatoms. The van der Waals surface area contributed by atoms with Crippen LogP contribution in [0.5, 0.6) is 6.01 Å². The summed E-state index contributed by atoms with van der Waals surface area (Å²) in [6, 6.07) is 0.969. The molecule has 4 heterocycles. The van der Waals surface area contributed by atoms with E-state index in [0.717, 1.165) is 37.7 Å². The largest absolute Gasteiger partial charge is 0.464 e. The van der Waals surface area contributed by atoms with E-state index in [4.69, 9.17) is 15.2 Å². The number of aromatic nitrogens is 4. The molecule has 0 spiro atoms. The van der Waals surface area contributed by atoms with Gasteiger partial charge in [-0.25, -0.2) is 4.98 Å². The SMILES string of the molecule is CCOc1nc(N)c2ncn(CC3=CCC(C4CCCN(C5COC5)CC4)C=C3)c2n1. The van der Waals surface area contributed by atoms with Crippen molar-refractivity contribution in [1.29, 1.82) is 0 Å². The van der Waals surface area contributed by atoms with E-state index >= 15 is 0 Å². The molecule has 1 aliphatic carbocycles. The lowest BCUT2D eigenvalue weighted by molar-refractivity contribution is -0.0640. The van der Waals surface area contributed by atoms with E-state index in [1.54, 1.807) is 6.33 Å². The zero-order valence-electron chi connectivity index (χ0n) is 18.2. The highest BCUT2D eigenvalue weighted by Gasteiger charge is 2.30. The molecule has 2 saturated heterocycles.